The molecule has 3 aromatic carbocycles. The highest BCUT2D eigenvalue weighted by Crippen LogP contribution is 2.32. The number of anilines is 1. The molecule has 1 aliphatic carbocycles. The van der Waals surface area contributed by atoms with Crippen LogP contribution in [0.3, 0.4) is 0 Å². The maximum atomic E-state index is 14.3. The van der Waals surface area contributed by atoms with Gasteiger partial charge in [0.05, 0.1) is 7.11 Å². The number of aromatic nitrogens is 3. The predicted octanol–water partition coefficient (Wildman–Crippen LogP) is 5.36. The lowest BCUT2D eigenvalue weighted by atomic mass is 9.94. The van der Waals surface area contributed by atoms with Crippen molar-refractivity contribution in [2.45, 2.75) is 57.2 Å². The second kappa shape index (κ2) is 11.6. The maximum Gasteiger partial charge on any atom is 0.254 e. The minimum absolute atomic E-state index is 0.0255. The van der Waals surface area contributed by atoms with Crippen LogP contribution in [0.4, 0.5) is 10.1 Å². The van der Waals surface area contributed by atoms with Gasteiger partial charge < -0.3 is 10.1 Å². The Labute approximate surface area is 226 Å². The van der Waals surface area contributed by atoms with E-state index in [0.29, 0.717) is 28.0 Å². The van der Waals surface area contributed by atoms with E-state index in [1.54, 1.807) is 50.4 Å². The number of hydrogen-bond acceptors (Lipinski definition) is 5. The predicted molar refractivity (Wildman–Crippen MR) is 147 cm³/mol. The largest absolute Gasteiger partial charge is 0.497 e. The first-order valence-electron chi connectivity index (χ1n) is 13.3. The smallest absolute Gasteiger partial charge is 0.254 e. The molecule has 39 heavy (non-hydrogen) atoms. The summed E-state index contributed by atoms with van der Waals surface area (Å²) in [5.74, 6) is -0.505. The normalized spacial score (nSPS) is 15.5. The number of carbonyl (C=O) groups excluding carboxylic acids is 2. The fourth-order valence-electron chi connectivity index (χ4n) is 5.09. The number of amides is 2. The molecule has 1 saturated carbocycles. The highest BCUT2D eigenvalue weighted by Gasteiger charge is 2.37. The molecule has 2 unspecified atom stereocenters. The SMILES string of the molecule is COc1ccc(N(C(=O)C(C)n2nc3ccccc3n2)C(C(=O)NC2CCCCC2)c2ccc(F)cc2)cc1. The van der Waals surface area contributed by atoms with Crippen LogP contribution in [0.5, 0.6) is 5.75 Å². The van der Waals surface area contributed by atoms with Crippen LogP contribution in [-0.4, -0.2) is 40.0 Å². The molecule has 8 nitrogen and oxygen atoms in total. The first-order valence-corrected chi connectivity index (χ1v) is 13.3. The first kappa shape index (κ1) is 26.3. The van der Waals surface area contributed by atoms with E-state index >= 15 is 0 Å². The summed E-state index contributed by atoms with van der Waals surface area (Å²) in [7, 11) is 1.56. The zero-order valence-electron chi connectivity index (χ0n) is 22.1. The van der Waals surface area contributed by atoms with Gasteiger partial charge in [-0.1, -0.05) is 43.5 Å². The quantitative estimate of drug-likeness (QED) is 0.332. The van der Waals surface area contributed by atoms with Crippen molar-refractivity contribution in [2.24, 2.45) is 0 Å². The van der Waals surface area contributed by atoms with E-state index in [0.717, 1.165) is 32.1 Å². The fourth-order valence-corrected chi connectivity index (χ4v) is 5.09. The van der Waals surface area contributed by atoms with Crippen LogP contribution in [0, 0.1) is 5.82 Å². The third-order valence-electron chi connectivity index (χ3n) is 7.24. The second-order valence-electron chi connectivity index (χ2n) is 9.89. The highest BCUT2D eigenvalue weighted by atomic mass is 19.1. The molecule has 0 radical (unpaired) electrons. The molecule has 5 rings (SSSR count). The summed E-state index contributed by atoms with van der Waals surface area (Å²) in [5, 5.41) is 12.2. The molecule has 1 fully saturated rings. The minimum Gasteiger partial charge on any atom is -0.497 e. The molecule has 9 heteroatoms. The lowest BCUT2D eigenvalue weighted by Crippen LogP contribution is -2.49. The van der Waals surface area contributed by atoms with Gasteiger partial charge in [-0.05, 0) is 73.9 Å². The minimum atomic E-state index is -1.04. The van der Waals surface area contributed by atoms with Crippen molar-refractivity contribution in [2.75, 3.05) is 12.0 Å². The fraction of sp³-hybridized carbons (Fsp3) is 0.333. The Balaban J connectivity index is 1.58. The molecule has 1 aliphatic rings. The third kappa shape index (κ3) is 5.77. The molecule has 1 N–H and O–H groups in total. The van der Waals surface area contributed by atoms with E-state index < -0.39 is 17.9 Å². The van der Waals surface area contributed by atoms with Crippen LogP contribution in [0.2, 0.25) is 0 Å². The Morgan fingerprint density at radius 3 is 2.15 bits per heavy atom. The summed E-state index contributed by atoms with van der Waals surface area (Å²) < 4.78 is 19.2. The van der Waals surface area contributed by atoms with Gasteiger partial charge in [0.15, 0.2) is 0 Å². The number of benzene rings is 3. The van der Waals surface area contributed by atoms with Gasteiger partial charge in [-0.3, -0.25) is 14.5 Å². The Morgan fingerprint density at radius 2 is 1.56 bits per heavy atom. The van der Waals surface area contributed by atoms with Gasteiger partial charge in [0.25, 0.3) is 5.91 Å². The molecule has 1 heterocycles. The van der Waals surface area contributed by atoms with E-state index in [1.165, 1.54) is 21.8 Å². The van der Waals surface area contributed by atoms with E-state index in [4.69, 9.17) is 4.74 Å². The van der Waals surface area contributed by atoms with Gasteiger partial charge in [-0.25, -0.2) is 4.39 Å². The zero-order chi connectivity index (χ0) is 27.4. The van der Waals surface area contributed by atoms with Crippen molar-refractivity contribution in [3.05, 3.63) is 84.2 Å². The topological polar surface area (TPSA) is 89.3 Å². The molecule has 0 aliphatic heterocycles. The molecular weight excluding hydrogens is 497 g/mol. The molecule has 0 bridgehead atoms. The Morgan fingerprint density at radius 1 is 0.949 bits per heavy atom. The van der Waals surface area contributed by atoms with Gasteiger partial charge in [0.2, 0.25) is 5.91 Å². The summed E-state index contributed by atoms with van der Waals surface area (Å²) in [6, 6.07) is 18.2. The van der Waals surface area contributed by atoms with Crippen molar-refractivity contribution < 1.29 is 18.7 Å². The molecule has 0 spiro atoms. The number of ether oxygens (including phenoxy) is 1. The average Bonchev–Trinajstić information content (AvgIpc) is 3.41. The van der Waals surface area contributed by atoms with Gasteiger partial charge in [-0.2, -0.15) is 15.0 Å². The second-order valence-corrected chi connectivity index (χ2v) is 9.89. The van der Waals surface area contributed by atoms with Crippen LogP contribution < -0.4 is 15.0 Å². The number of halogens is 1. The molecule has 202 valence electrons. The van der Waals surface area contributed by atoms with E-state index in [1.807, 2.05) is 24.3 Å². The molecule has 2 amide bonds. The summed E-state index contributed by atoms with van der Waals surface area (Å²) >= 11 is 0. The maximum absolute atomic E-state index is 14.3. The Kier molecular flexibility index (Phi) is 7.86. The van der Waals surface area contributed by atoms with Gasteiger partial charge >= 0.3 is 0 Å². The molecule has 4 aromatic rings. The number of hydrogen-bond donors (Lipinski definition) is 1. The number of methoxy groups -OCH3 is 1. The third-order valence-corrected chi connectivity index (χ3v) is 7.24. The summed E-state index contributed by atoms with van der Waals surface area (Å²) in [6.45, 7) is 1.71. The lowest BCUT2D eigenvalue weighted by molar-refractivity contribution is -0.128. The average molecular weight is 530 g/mol. The number of carbonyl (C=O) groups is 2. The van der Waals surface area contributed by atoms with Crippen LogP contribution in [0.15, 0.2) is 72.8 Å². The summed E-state index contributed by atoms with van der Waals surface area (Å²) in [6.07, 6.45) is 5.01. The van der Waals surface area contributed by atoms with Crippen LogP contribution in [-0.2, 0) is 9.59 Å². The van der Waals surface area contributed by atoms with Gasteiger partial charge in [0.1, 0.15) is 34.7 Å². The van der Waals surface area contributed by atoms with Crippen LogP contribution in [0.1, 0.15) is 56.7 Å². The Hall–Kier alpha value is -4.27. The number of fused-ring (bicyclic) bond motifs is 1. The van der Waals surface area contributed by atoms with Crippen molar-refractivity contribution in [1.29, 1.82) is 0 Å². The van der Waals surface area contributed by atoms with E-state index in [9.17, 15) is 14.0 Å². The van der Waals surface area contributed by atoms with Crippen molar-refractivity contribution in [3.63, 3.8) is 0 Å². The zero-order valence-corrected chi connectivity index (χ0v) is 22.1. The number of nitrogens with one attached hydrogen (secondary N) is 1. The van der Waals surface area contributed by atoms with E-state index in [2.05, 4.69) is 15.5 Å². The summed E-state index contributed by atoms with van der Waals surface area (Å²) in [4.78, 5) is 31.1. The van der Waals surface area contributed by atoms with Crippen molar-refractivity contribution >= 4 is 28.5 Å². The van der Waals surface area contributed by atoms with Crippen molar-refractivity contribution in [3.8, 4) is 5.75 Å². The molecular formula is C30H32FN5O3. The molecule has 0 saturated heterocycles. The standard InChI is InChI=1S/C30H32FN5O3/c1-20(36-33-26-10-6-7-11-27(26)34-36)30(38)35(24-16-18-25(39-2)19-17-24)28(21-12-14-22(31)15-13-21)29(37)32-23-8-4-3-5-9-23/h6-7,10-20,23,28H,3-5,8-9H2,1-2H3,(H,32,37). The highest BCUT2D eigenvalue weighted by molar-refractivity contribution is 6.03. The van der Waals surface area contributed by atoms with Crippen molar-refractivity contribution in [1.82, 2.24) is 20.3 Å². The Bertz CT molecular complexity index is 1400. The molecule has 2 atom stereocenters. The number of rotatable bonds is 8. The monoisotopic (exact) mass is 529 g/mol. The first-order chi connectivity index (χ1) is 18.9. The number of nitrogens with zero attached hydrogens (tertiary/aromatic N) is 4. The van der Waals surface area contributed by atoms with Gasteiger partial charge in [-0.15, -0.1) is 0 Å². The van der Waals surface area contributed by atoms with Crippen LogP contribution >= 0.6 is 0 Å². The molecule has 1 aromatic heterocycles. The van der Waals surface area contributed by atoms with E-state index in [-0.39, 0.29) is 17.9 Å². The van der Waals surface area contributed by atoms with Gasteiger partial charge in [0, 0.05) is 11.7 Å². The lowest BCUT2D eigenvalue weighted by Gasteiger charge is -2.34. The summed E-state index contributed by atoms with van der Waals surface area (Å²) in [5.41, 5.74) is 2.33. The van der Waals surface area contributed by atoms with Crippen LogP contribution in [0.25, 0.3) is 11.0 Å².